The monoisotopic (exact) mass is 316 g/mol. The van der Waals surface area contributed by atoms with Gasteiger partial charge in [-0.15, -0.1) is 0 Å². The second-order valence-corrected chi connectivity index (χ2v) is 7.88. The van der Waals surface area contributed by atoms with Crippen molar-refractivity contribution in [3.63, 3.8) is 0 Å². The van der Waals surface area contributed by atoms with E-state index < -0.39 is 0 Å². The normalized spacial score (nSPS) is 35.0. The van der Waals surface area contributed by atoms with Gasteiger partial charge >= 0.3 is 5.97 Å². The predicted molar refractivity (Wildman–Crippen MR) is 96.0 cm³/mol. The second kappa shape index (κ2) is 7.07. The molecule has 0 spiro atoms. The minimum absolute atomic E-state index is 0.256. The first-order valence-corrected chi connectivity index (χ1v) is 8.91. The Balaban J connectivity index is 2.13. The number of esters is 1. The summed E-state index contributed by atoms with van der Waals surface area (Å²) in [6, 6.07) is 0. The fourth-order valence-corrected chi connectivity index (χ4v) is 4.79. The molecule has 0 N–H and O–H groups in total. The fraction of sp³-hybridized carbons (Fsp3) is 0.667. The van der Waals surface area contributed by atoms with Crippen LogP contribution in [0.5, 0.6) is 0 Å². The van der Waals surface area contributed by atoms with E-state index in [2.05, 4.69) is 27.0 Å². The van der Waals surface area contributed by atoms with Gasteiger partial charge in [0, 0.05) is 6.08 Å². The molecule has 4 atom stereocenters. The minimum Gasteiger partial charge on any atom is -0.466 e. The SMILES string of the molecule is C=C1CC[C@H]2C(=C)[C@H](C)CC[C@]2(C)[C@H]1CC/C(C)=C/C(=O)OC. The van der Waals surface area contributed by atoms with E-state index in [0.29, 0.717) is 23.2 Å². The van der Waals surface area contributed by atoms with Crippen LogP contribution in [0.25, 0.3) is 0 Å². The second-order valence-electron chi connectivity index (χ2n) is 7.88. The van der Waals surface area contributed by atoms with Gasteiger partial charge in [-0.3, -0.25) is 0 Å². The summed E-state index contributed by atoms with van der Waals surface area (Å²) in [4.78, 5) is 11.4. The quantitative estimate of drug-likeness (QED) is 0.391. The molecule has 2 aliphatic carbocycles. The Bertz CT molecular complexity index is 528. The van der Waals surface area contributed by atoms with Crippen LogP contribution in [-0.4, -0.2) is 13.1 Å². The Morgan fingerprint density at radius 2 is 2.09 bits per heavy atom. The van der Waals surface area contributed by atoms with E-state index in [9.17, 15) is 4.79 Å². The Morgan fingerprint density at radius 1 is 1.39 bits per heavy atom. The zero-order chi connectivity index (χ0) is 17.2. The van der Waals surface area contributed by atoms with E-state index >= 15 is 0 Å². The summed E-state index contributed by atoms with van der Waals surface area (Å²) in [6.07, 6.45) is 8.47. The molecule has 0 aromatic carbocycles. The van der Waals surface area contributed by atoms with Crippen molar-refractivity contribution in [3.8, 4) is 0 Å². The van der Waals surface area contributed by atoms with Crippen LogP contribution >= 0.6 is 0 Å². The minimum atomic E-state index is -0.256. The fourth-order valence-electron chi connectivity index (χ4n) is 4.79. The number of fused-ring (bicyclic) bond motifs is 1. The Morgan fingerprint density at radius 3 is 2.74 bits per heavy atom. The molecular formula is C21H32O2. The van der Waals surface area contributed by atoms with Gasteiger partial charge in [0.2, 0.25) is 0 Å². The summed E-state index contributed by atoms with van der Waals surface area (Å²) in [6.45, 7) is 15.6. The lowest BCUT2D eigenvalue weighted by Crippen LogP contribution is -2.44. The van der Waals surface area contributed by atoms with Crippen LogP contribution in [0, 0.1) is 23.2 Å². The molecule has 0 unspecified atom stereocenters. The third-order valence-electron chi connectivity index (χ3n) is 6.43. The number of allylic oxidation sites excluding steroid dienone is 3. The van der Waals surface area contributed by atoms with Gasteiger partial charge in [-0.2, -0.15) is 0 Å². The lowest BCUT2D eigenvalue weighted by atomic mass is 9.51. The Labute approximate surface area is 141 Å². The average Bonchev–Trinajstić information content (AvgIpc) is 2.50. The summed E-state index contributed by atoms with van der Waals surface area (Å²) >= 11 is 0. The van der Waals surface area contributed by atoms with Gasteiger partial charge in [-0.05, 0) is 68.6 Å². The highest BCUT2D eigenvalue weighted by atomic mass is 16.5. The number of ether oxygens (including phenoxy) is 1. The molecule has 0 radical (unpaired) electrons. The summed E-state index contributed by atoms with van der Waals surface area (Å²) in [5.41, 5.74) is 4.25. The van der Waals surface area contributed by atoms with Crippen molar-refractivity contribution in [3.05, 3.63) is 36.0 Å². The zero-order valence-electron chi connectivity index (χ0n) is 15.3. The summed E-state index contributed by atoms with van der Waals surface area (Å²) in [7, 11) is 1.43. The number of hydrogen-bond acceptors (Lipinski definition) is 2. The van der Waals surface area contributed by atoms with E-state index in [-0.39, 0.29) is 5.97 Å². The molecule has 0 amide bonds. The summed E-state index contributed by atoms with van der Waals surface area (Å²) in [5, 5.41) is 0. The highest BCUT2D eigenvalue weighted by molar-refractivity contribution is 5.82. The van der Waals surface area contributed by atoms with Gasteiger partial charge < -0.3 is 4.74 Å². The van der Waals surface area contributed by atoms with Gasteiger partial charge in [0.15, 0.2) is 0 Å². The largest absolute Gasteiger partial charge is 0.466 e. The van der Waals surface area contributed by atoms with Crippen LogP contribution in [0.4, 0.5) is 0 Å². The van der Waals surface area contributed by atoms with Crippen molar-refractivity contribution in [1.82, 2.24) is 0 Å². The number of carbonyl (C=O) groups is 1. The molecule has 0 aromatic rings. The Kier molecular flexibility index (Phi) is 5.54. The maximum Gasteiger partial charge on any atom is 0.330 e. The molecule has 0 bridgehead atoms. The topological polar surface area (TPSA) is 26.3 Å². The number of rotatable bonds is 4. The first-order valence-electron chi connectivity index (χ1n) is 8.91. The lowest BCUT2D eigenvalue weighted by molar-refractivity contribution is -0.134. The van der Waals surface area contributed by atoms with E-state index in [0.717, 1.165) is 24.8 Å². The van der Waals surface area contributed by atoms with Crippen LogP contribution < -0.4 is 0 Å². The summed E-state index contributed by atoms with van der Waals surface area (Å²) in [5.74, 6) is 1.56. The third-order valence-corrected chi connectivity index (χ3v) is 6.43. The maximum atomic E-state index is 11.4. The highest BCUT2D eigenvalue weighted by Gasteiger charge is 2.48. The zero-order valence-corrected chi connectivity index (χ0v) is 15.3. The molecule has 0 aromatic heterocycles. The first kappa shape index (κ1) is 18.0. The Hall–Kier alpha value is -1.31. The number of carbonyl (C=O) groups excluding carboxylic acids is 1. The van der Waals surface area contributed by atoms with Crippen LogP contribution in [0.2, 0.25) is 0 Å². The average molecular weight is 316 g/mol. The van der Waals surface area contributed by atoms with Gasteiger partial charge in [0.1, 0.15) is 0 Å². The van der Waals surface area contributed by atoms with E-state index in [4.69, 9.17) is 4.74 Å². The van der Waals surface area contributed by atoms with Gasteiger partial charge in [-0.1, -0.05) is 43.7 Å². The molecule has 128 valence electrons. The summed E-state index contributed by atoms with van der Waals surface area (Å²) < 4.78 is 4.72. The van der Waals surface area contributed by atoms with Crippen molar-refractivity contribution in [2.24, 2.45) is 23.2 Å². The molecule has 2 heteroatoms. The molecule has 2 fully saturated rings. The predicted octanol–water partition coefficient (Wildman–Crippen LogP) is 5.46. The van der Waals surface area contributed by atoms with Gasteiger partial charge in [-0.25, -0.2) is 4.79 Å². The third kappa shape index (κ3) is 3.62. The van der Waals surface area contributed by atoms with Crippen LogP contribution in [0.3, 0.4) is 0 Å². The van der Waals surface area contributed by atoms with Crippen LogP contribution in [-0.2, 0) is 9.53 Å². The van der Waals surface area contributed by atoms with Crippen LogP contribution in [0.1, 0.15) is 59.3 Å². The van der Waals surface area contributed by atoms with Crippen molar-refractivity contribution in [2.75, 3.05) is 7.11 Å². The first-order chi connectivity index (χ1) is 10.8. The molecular weight excluding hydrogens is 284 g/mol. The van der Waals surface area contributed by atoms with E-state index in [1.165, 1.54) is 37.5 Å². The van der Waals surface area contributed by atoms with Crippen molar-refractivity contribution < 1.29 is 9.53 Å². The molecule has 2 saturated carbocycles. The van der Waals surface area contributed by atoms with Crippen molar-refractivity contribution >= 4 is 5.97 Å². The highest BCUT2D eigenvalue weighted by Crippen LogP contribution is 2.58. The number of methoxy groups -OCH3 is 1. The lowest BCUT2D eigenvalue weighted by Gasteiger charge is -2.54. The standard InChI is InChI=1S/C21H32O2/c1-14(13-20(22)23-6)7-9-18-16(3)8-10-19-17(4)15(2)11-12-21(18,19)5/h13,15,18-19H,3-4,7-12H2,1-2,5-6H3/b14-13+/t15-,18+,19+,21-/m1/s1. The van der Waals surface area contributed by atoms with E-state index in [1.807, 2.05) is 6.92 Å². The van der Waals surface area contributed by atoms with Crippen LogP contribution in [0.15, 0.2) is 36.0 Å². The molecule has 2 nitrogen and oxygen atoms in total. The van der Waals surface area contributed by atoms with E-state index in [1.54, 1.807) is 6.08 Å². The molecule has 0 saturated heterocycles. The maximum absolute atomic E-state index is 11.4. The molecule has 2 rings (SSSR count). The van der Waals surface area contributed by atoms with Gasteiger partial charge in [0.05, 0.1) is 7.11 Å². The van der Waals surface area contributed by atoms with Gasteiger partial charge in [0.25, 0.3) is 0 Å². The number of hydrogen-bond donors (Lipinski definition) is 0. The molecule has 2 aliphatic rings. The smallest absolute Gasteiger partial charge is 0.330 e. The molecule has 23 heavy (non-hydrogen) atoms. The molecule has 0 aliphatic heterocycles. The molecule has 0 heterocycles. The van der Waals surface area contributed by atoms with Crippen molar-refractivity contribution in [2.45, 2.75) is 59.3 Å². The van der Waals surface area contributed by atoms with Crippen molar-refractivity contribution in [1.29, 1.82) is 0 Å².